The van der Waals surface area contributed by atoms with Crippen LogP contribution in [-0.2, 0) is 14.3 Å². The first-order valence-corrected chi connectivity index (χ1v) is 10.4. The van der Waals surface area contributed by atoms with E-state index in [-0.39, 0.29) is 28.8 Å². The number of carbonyl (C=O) groups is 2. The number of ether oxygens (including phenoxy) is 1. The Hall–Kier alpha value is -1.32. The summed E-state index contributed by atoms with van der Waals surface area (Å²) in [6, 6.07) is 0. The third-order valence-corrected chi connectivity index (χ3v) is 8.69. The van der Waals surface area contributed by atoms with Gasteiger partial charge in [-0.3, -0.25) is 9.59 Å². The number of carbonyl (C=O) groups excluding carboxylic acids is 1. The van der Waals surface area contributed by atoms with Crippen molar-refractivity contribution in [3.05, 3.63) is 11.6 Å². The van der Waals surface area contributed by atoms with Crippen LogP contribution in [0.3, 0.4) is 0 Å². The number of fused-ring (bicyclic) bond motifs is 5. The van der Waals surface area contributed by atoms with Gasteiger partial charge in [-0.25, -0.2) is 0 Å². The van der Waals surface area contributed by atoms with Crippen LogP contribution in [0.2, 0.25) is 0 Å². The van der Waals surface area contributed by atoms with E-state index in [2.05, 4.69) is 19.9 Å². The first-order chi connectivity index (χ1) is 12.3. The van der Waals surface area contributed by atoms with Gasteiger partial charge in [0.2, 0.25) is 0 Å². The minimum atomic E-state index is -0.585. The molecule has 3 fully saturated rings. The second kappa shape index (κ2) is 6.10. The van der Waals surface area contributed by atoms with Gasteiger partial charge in [0.1, 0.15) is 6.10 Å². The molecule has 0 spiro atoms. The van der Waals surface area contributed by atoms with Gasteiger partial charge in [-0.2, -0.15) is 0 Å². The van der Waals surface area contributed by atoms with Crippen molar-refractivity contribution in [1.82, 2.24) is 0 Å². The fourth-order valence-electron chi connectivity index (χ4n) is 7.41. The zero-order valence-electron chi connectivity index (χ0n) is 16.3. The minimum Gasteiger partial charge on any atom is -0.481 e. The highest BCUT2D eigenvalue weighted by atomic mass is 16.5. The highest BCUT2D eigenvalue weighted by Crippen LogP contribution is 2.66. The average molecular weight is 360 g/mol. The summed E-state index contributed by atoms with van der Waals surface area (Å²) in [5.41, 5.74) is 1.69. The van der Waals surface area contributed by atoms with Gasteiger partial charge in [-0.05, 0) is 86.0 Å². The molecule has 4 heteroatoms. The van der Waals surface area contributed by atoms with E-state index < -0.39 is 5.97 Å². The molecule has 4 nitrogen and oxygen atoms in total. The summed E-state index contributed by atoms with van der Waals surface area (Å²) >= 11 is 0. The highest BCUT2D eigenvalue weighted by Gasteiger charge is 2.60. The lowest BCUT2D eigenvalue weighted by Crippen LogP contribution is -2.51. The summed E-state index contributed by atoms with van der Waals surface area (Å²) in [6.07, 6.45) is 10.6. The molecule has 7 atom stereocenters. The van der Waals surface area contributed by atoms with Crippen molar-refractivity contribution in [3.8, 4) is 0 Å². The molecule has 0 amide bonds. The van der Waals surface area contributed by atoms with Gasteiger partial charge in [-0.1, -0.05) is 19.4 Å². The van der Waals surface area contributed by atoms with E-state index in [0.717, 1.165) is 44.9 Å². The summed E-state index contributed by atoms with van der Waals surface area (Å²) < 4.78 is 5.47. The van der Waals surface area contributed by atoms with Crippen LogP contribution in [0.4, 0.5) is 0 Å². The van der Waals surface area contributed by atoms with E-state index in [4.69, 9.17) is 4.74 Å². The molecule has 144 valence electrons. The number of allylic oxidation sites excluding steroid dienone is 1. The third-order valence-electron chi connectivity index (χ3n) is 8.69. The standard InChI is InChI=1S/C22H32O4/c1-13(23)26-15-8-10-21(2)14(12-15)4-5-16-17-6-7-19(20(24)25)22(17,3)11-9-18(16)21/h12,15-19H,4-11H2,1-3H3,(H,24,25)/t15?,16-,17-,18-,19?,21-,22-/m0/s1. The molecule has 0 aromatic heterocycles. The topological polar surface area (TPSA) is 63.6 Å². The van der Waals surface area contributed by atoms with Crippen molar-refractivity contribution in [2.24, 2.45) is 34.5 Å². The summed E-state index contributed by atoms with van der Waals surface area (Å²) in [6.45, 7) is 6.17. The van der Waals surface area contributed by atoms with Crippen LogP contribution in [0.25, 0.3) is 0 Å². The Morgan fingerprint density at radius 2 is 1.85 bits per heavy atom. The summed E-state index contributed by atoms with van der Waals surface area (Å²) in [5.74, 6) is 0.947. The predicted octanol–water partition coefficient (Wildman–Crippen LogP) is 4.58. The van der Waals surface area contributed by atoms with E-state index in [1.807, 2.05) is 0 Å². The molecule has 0 aromatic rings. The van der Waals surface area contributed by atoms with E-state index >= 15 is 0 Å². The quantitative estimate of drug-likeness (QED) is 0.578. The number of carboxylic acids is 1. The van der Waals surface area contributed by atoms with Crippen LogP contribution >= 0.6 is 0 Å². The van der Waals surface area contributed by atoms with Crippen LogP contribution in [0, 0.1) is 34.5 Å². The van der Waals surface area contributed by atoms with Gasteiger partial charge < -0.3 is 9.84 Å². The van der Waals surface area contributed by atoms with Gasteiger partial charge in [0.15, 0.2) is 0 Å². The number of carboxylic acid groups (broad SMARTS) is 1. The van der Waals surface area contributed by atoms with E-state index in [1.54, 1.807) is 0 Å². The first-order valence-electron chi connectivity index (χ1n) is 10.4. The van der Waals surface area contributed by atoms with Crippen molar-refractivity contribution in [2.45, 2.75) is 78.2 Å². The molecule has 2 unspecified atom stereocenters. The number of esters is 1. The molecule has 4 rings (SSSR count). The number of aliphatic carboxylic acids is 1. The average Bonchev–Trinajstić information content (AvgIpc) is 2.92. The first kappa shape index (κ1) is 18.1. The lowest BCUT2D eigenvalue weighted by molar-refractivity contribution is -0.150. The fraction of sp³-hybridized carbons (Fsp3) is 0.818. The summed E-state index contributed by atoms with van der Waals surface area (Å²) in [4.78, 5) is 23.1. The largest absolute Gasteiger partial charge is 0.481 e. The predicted molar refractivity (Wildman–Crippen MR) is 98.4 cm³/mol. The third kappa shape index (κ3) is 2.55. The van der Waals surface area contributed by atoms with Crippen LogP contribution < -0.4 is 0 Å². The number of hydrogen-bond acceptors (Lipinski definition) is 3. The SMILES string of the molecule is CC(=O)OC1C=C2CC[C@@H]3[C@H](CC[C@]4(C)C(C(=O)O)CC[C@@H]34)[C@@]2(C)CC1. The lowest BCUT2D eigenvalue weighted by Gasteiger charge is -2.58. The molecular formula is C22H32O4. The van der Waals surface area contributed by atoms with Gasteiger partial charge in [-0.15, -0.1) is 0 Å². The van der Waals surface area contributed by atoms with E-state index in [1.165, 1.54) is 18.9 Å². The molecule has 0 bridgehead atoms. The molecule has 4 aliphatic rings. The lowest BCUT2D eigenvalue weighted by atomic mass is 9.47. The van der Waals surface area contributed by atoms with Crippen molar-refractivity contribution in [2.75, 3.05) is 0 Å². The molecule has 0 aromatic carbocycles. The highest BCUT2D eigenvalue weighted by molar-refractivity contribution is 5.71. The molecule has 0 radical (unpaired) electrons. The maximum atomic E-state index is 11.8. The van der Waals surface area contributed by atoms with Crippen LogP contribution in [0.1, 0.15) is 72.1 Å². The normalized spacial score (nSPS) is 47.2. The Morgan fingerprint density at radius 3 is 2.54 bits per heavy atom. The molecule has 0 aliphatic heterocycles. The molecule has 1 N–H and O–H groups in total. The van der Waals surface area contributed by atoms with Crippen molar-refractivity contribution >= 4 is 11.9 Å². The van der Waals surface area contributed by atoms with Crippen LogP contribution in [0.5, 0.6) is 0 Å². The zero-order valence-corrected chi connectivity index (χ0v) is 16.3. The smallest absolute Gasteiger partial charge is 0.307 e. The molecule has 4 aliphatic carbocycles. The molecule has 0 saturated heterocycles. The molecular weight excluding hydrogens is 328 g/mol. The van der Waals surface area contributed by atoms with Gasteiger partial charge in [0, 0.05) is 6.92 Å². The Kier molecular flexibility index (Phi) is 4.24. The van der Waals surface area contributed by atoms with Crippen molar-refractivity contribution in [1.29, 1.82) is 0 Å². The van der Waals surface area contributed by atoms with Crippen molar-refractivity contribution < 1.29 is 19.4 Å². The second-order valence-corrected chi connectivity index (χ2v) is 9.72. The fourth-order valence-corrected chi connectivity index (χ4v) is 7.41. The second-order valence-electron chi connectivity index (χ2n) is 9.72. The Balaban J connectivity index is 1.59. The summed E-state index contributed by atoms with van der Waals surface area (Å²) in [5, 5.41) is 9.70. The van der Waals surface area contributed by atoms with Gasteiger partial charge >= 0.3 is 11.9 Å². The maximum Gasteiger partial charge on any atom is 0.307 e. The number of rotatable bonds is 2. The van der Waals surface area contributed by atoms with Gasteiger partial charge in [0.05, 0.1) is 5.92 Å². The van der Waals surface area contributed by atoms with Crippen molar-refractivity contribution in [3.63, 3.8) is 0 Å². The van der Waals surface area contributed by atoms with Crippen LogP contribution in [0.15, 0.2) is 11.6 Å². The Morgan fingerprint density at radius 1 is 1.08 bits per heavy atom. The molecule has 3 saturated carbocycles. The summed E-state index contributed by atoms with van der Waals surface area (Å²) in [7, 11) is 0. The maximum absolute atomic E-state index is 11.8. The van der Waals surface area contributed by atoms with Gasteiger partial charge in [0.25, 0.3) is 0 Å². The monoisotopic (exact) mass is 360 g/mol. The Bertz CT molecular complexity index is 653. The molecule has 26 heavy (non-hydrogen) atoms. The number of hydrogen-bond donors (Lipinski definition) is 1. The van der Waals surface area contributed by atoms with E-state index in [0.29, 0.717) is 17.8 Å². The Labute approximate surface area is 156 Å². The van der Waals surface area contributed by atoms with E-state index in [9.17, 15) is 14.7 Å². The van der Waals surface area contributed by atoms with Crippen LogP contribution in [-0.4, -0.2) is 23.1 Å². The molecule has 0 heterocycles. The minimum absolute atomic E-state index is 0.0144. The zero-order chi connectivity index (χ0) is 18.7.